The average Bonchev–Trinajstić information content (AvgIpc) is 2.09. The van der Waals surface area contributed by atoms with Crippen molar-refractivity contribution in [1.82, 2.24) is 0 Å². The van der Waals surface area contributed by atoms with E-state index in [-0.39, 0.29) is 6.07 Å². The topological polar surface area (TPSA) is 9.23 Å². The molecule has 1 rings (SSSR count). The Morgan fingerprint density at radius 2 is 2.08 bits per heavy atom. The lowest BCUT2D eigenvalue weighted by molar-refractivity contribution is 0.383. The molecule has 12 heavy (non-hydrogen) atoms. The van der Waals surface area contributed by atoms with Crippen LogP contribution in [0.25, 0.3) is 0 Å². The fourth-order valence-electron chi connectivity index (χ4n) is 1.18. The maximum Gasteiger partial charge on any atom is 0.162 e. The lowest BCUT2D eigenvalue weighted by atomic mass is 10.1. The van der Waals surface area contributed by atoms with Gasteiger partial charge in [0.05, 0.1) is 0 Å². The second kappa shape index (κ2) is 5.04. The molecule has 66 valence electrons. The van der Waals surface area contributed by atoms with Crippen LogP contribution in [-0.4, -0.2) is 6.07 Å². The van der Waals surface area contributed by atoms with Crippen molar-refractivity contribution in [1.29, 1.82) is 0 Å². The van der Waals surface area contributed by atoms with Crippen LogP contribution in [0.5, 0.6) is 5.75 Å². The molecule has 0 N–H and O–H groups in total. The molecule has 0 aliphatic rings. The van der Waals surface area contributed by atoms with Gasteiger partial charge in [-0.05, 0) is 18.1 Å². The normalized spacial score (nSPS) is 9.83. The first-order valence-electron chi connectivity index (χ1n) is 4.15. The molecule has 2 heteroatoms. The molecule has 0 fully saturated rings. The minimum absolute atomic E-state index is 0.223. The summed E-state index contributed by atoms with van der Waals surface area (Å²) in [5.41, 5.74) is 1.24. The Hall–Kier alpha value is -0.690. The fourth-order valence-corrected chi connectivity index (χ4v) is 1.30. The average molecular weight is 185 g/mol. The summed E-state index contributed by atoms with van der Waals surface area (Å²) in [6.07, 6.45) is 2.18. The maximum atomic E-state index is 5.49. The van der Waals surface area contributed by atoms with E-state index in [0.717, 1.165) is 18.6 Å². The van der Waals surface area contributed by atoms with E-state index in [1.165, 1.54) is 5.56 Å². The minimum atomic E-state index is 0.223. The molecule has 0 atom stereocenters. The predicted molar refractivity (Wildman–Crippen MR) is 51.8 cm³/mol. The third kappa shape index (κ3) is 2.42. The van der Waals surface area contributed by atoms with Gasteiger partial charge in [0.2, 0.25) is 0 Å². The monoisotopic (exact) mass is 184 g/mol. The van der Waals surface area contributed by atoms with Crippen LogP contribution in [0.3, 0.4) is 0 Å². The van der Waals surface area contributed by atoms with Crippen molar-refractivity contribution in [2.75, 3.05) is 6.07 Å². The highest BCUT2D eigenvalue weighted by Crippen LogP contribution is 2.19. The summed E-state index contributed by atoms with van der Waals surface area (Å²) in [6, 6.07) is 8.23. The van der Waals surface area contributed by atoms with Crippen LogP contribution in [0.4, 0.5) is 0 Å². The third-order valence-electron chi connectivity index (χ3n) is 1.70. The number of aryl methyl sites for hydroxylation is 1. The molecule has 0 heterocycles. The van der Waals surface area contributed by atoms with Crippen LogP contribution in [0, 0.1) is 0 Å². The Balaban J connectivity index is 2.77. The van der Waals surface area contributed by atoms with E-state index in [1.807, 2.05) is 18.2 Å². The quantitative estimate of drug-likeness (QED) is 0.653. The highest BCUT2D eigenvalue weighted by atomic mass is 35.5. The third-order valence-corrected chi connectivity index (χ3v) is 1.81. The number of rotatable bonds is 4. The van der Waals surface area contributed by atoms with E-state index in [2.05, 4.69) is 13.0 Å². The van der Waals surface area contributed by atoms with E-state index in [4.69, 9.17) is 16.3 Å². The van der Waals surface area contributed by atoms with Gasteiger partial charge in [0.1, 0.15) is 5.75 Å². The zero-order valence-corrected chi connectivity index (χ0v) is 7.97. The number of alkyl halides is 1. The van der Waals surface area contributed by atoms with Gasteiger partial charge < -0.3 is 4.74 Å². The van der Waals surface area contributed by atoms with Gasteiger partial charge in [0.15, 0.2) is 6.07 Å². The number of hydrogen-bond acceptors (Lipinski definition) is 1. The Bertz CT molecular complexity index is 210. The van der Waals surface area contributed by atoms with E-state index in [9.17, 15) is 0 Å². The molecule has 0 bridgehead atoms. The lowest BCUT2D eigenvalue weighted by Crippen LogP contribution is -1.94. The highest BCUT2D eigenvalue weighted by Gasteiger charge is 1.99. The van der Waals surface area contributed by atoms with Crippen molar-refractivity contribution in [3.8, 4) is 5.75 Å². The van der Waals surface area contributed by atoms with Crippen LogP contribution < -0.4 is 4.74 Å². The molecule has 0 aliphatic heterocycles. The van der Waals surface area contributed by atoms with Gasteiger partial charge in [0, 0.05) is 0 Å². The molecule has 0 saturated heterocycles. The van der Waals surface area contributed by atoms with Gasteiger partial charge in [-0.15, -0.1) is 0 Å². The van der Waals surface area contributed by atoms with E-state index in [0.29, 0.717) is 0 Å². The molecule has 1 nitrogen and oxygen atoms in total. The molecule has 0 amide bonds. The highest BCUT2D eigenvalue weighted by molar-refractivity contribution is 6.17. The van der Waals surface area contributed by atoms with Gasteiger partial charge in [-0.25, -0.2) is 0 Å². The number of hydrogen-bond donors (Lipinski definition) is 0. The van der Waals surface area contributed by atoms with E-state index < -0.39 is 0 Å². The molecule has 0 spiro atoms. The lowest BCUT2D eigenvalue weighted by Gasteiger charge is -2.07. The number of ether oxygens (including phenoxy) is 1. The SMILES string of the molecule is CCCc1ccccc1OCCl. The van der Waals surface area contributed by atoms with E-state index >= 15 is 0 Å². The zero-order valence-electron chi connectivity index (χ0n) is 7.22. The van der Waals surface area contributed by atoms with E-state index in [1.54, 1.807) is 0 Å². The first-order valence-corrected chi connectivity index (χ1v) is 4.68. The van der Waals surface area contributed by atoms with Crippen LogP contribution in [-0.2, 0) is 6.42 Å². The molecule has 0 saturated carbocycles. The number of benzene rings is 1. The standard InChI is InChI=1S/C10H13ClO/c1-2-5-9-6-3-4-7-10(9)12-8-11/h3-4,6-7H,2,5,8H2,1H3. The van der Waals surface area contributed by atoms with Gasteiger partial charge >= 0.3 is 0 Å². The zero-order chi connectivity index (χ0) is 8.81. The first kappa shape index (κ1) is 9.40. The second-order valence-corrected chi connectivity index (χ2v) is 2.83. The van der Waals surface area contributed by atoms with Crippen LogP contribution in [0.15, 0.2) is 24.3 Å². The molecular weight excluding hydrogens is 172 g/mol. The van der Waals surface area contributed by atoms with Crippen molar-refractivity contribution in [2.45, 2.75) is 19.8 Å². The molecule has 1 aromatic carbocycles. The summed E-state index contributed by atoms with van der Waals surface area (Å²) in [5.74, 6) is 0.911. The summed E-state index contributed by atoms with van der Waals surface area (Å²) in [7, 11) is 0. The summed E-state index contributed by atoms with van der Waals surface area (Å²) in [4.78, 5) is 0. The molecule has 0 aliphatic carbocycles. The van der Waals surface area contributed by atoms with Gasteiger partial charge in [-0.3, -0.25) is 0 Å². The van der Waals surface area contributed by atoms with Crippen molar-refractivity contribution in [3.63, 3.8) is 0 Å². The van der Waals surface area contributed by atoms with Crippen LogP contribution >= 0.6 is 11.6 Å². The Labute approximate surface area is 78.3 Å². The molecule has 0 radical (unpaired) electrons. The van der Waals surface area contributed by atoms with Gasteiger partial charge in [0.25, 0.3) is 0 Å². The Kier molecular flexibility index (Phi) is 3.95. The molecule has 0 unspecified atom stereocenters. The smallest absolute Gasteiger partial charge is 0.162 e. The van der Waals surface area contributed by atoms with Crippen molar-refractivity contribution >= 4 is 11.6 Å². The number of halogens is 1. The first-order chi connectivity index (χ1) is 5.88. The fraction of sp³-hybridized carbons (Fsp3) is 0.400. The van der Waals surface area contributed by atoms with Crippen LogP contribution in [0.1, 0.15) is 18.9 Å². The maximum absolute atomic E-state index is 5.49. The van der Waals surface area contributed by atoms with Crippen molar-refractivity contribution in [3.05, 3.63) is 29.8 Å². The predicted octanol–water partition coefficient (Wildman–Crippen LogP) is 3.21. The Morgan fingerprint density at radius 1 is 1.33 bits per heavy atom. The van der Waals surface area contributed by atoms with Crippen molar-refractivity contribution in [2.24, 2.45) is 0 Å². The van der Waals surface area contributed by atoms with Gasteiger partial charge in [-0.2, -0.15) is 0 Å². The number of para-hydroxylation sites is 1. The van der Waals surface area contributed by atoms with Gasteiger partial charge in [-0.1, -0.05) is 43.1 Å². The molecule has 1 aromatic rings. The van der Waals surface area contributed by atoms with Crippen molar-refractivity contribution < 1.29 is 4.74 Å². The van der Waals surface area contributed by atoms with Crippen LogP contribution in [0.2, 0.25) is 0 Å². The molecule has 0 aromatic heterocycles. The summed E-state index contributed by atoms with van der Waals surface area (Å²) in [5, 5.41) is 0. The molecular formula is C10H13ClO. The largest absolute Gasteiger partial charge is 0.478 e. The Morgan fingerprint density at radius 3 is 2.75 bits per heavy atom. The minimum Gasteiger partial charge on any atom is -0.478 e. The summed E-state index contributed by atoms with van der Waals surface area (Å²) in [6.45, 7) is 2.15. The summed E-state index contributed by atoms with van der Waals surface area (Å²) >= 11 is 5.49. The second-order valence-electron chi connectivity index (χ2n) is 2.61. The summed E-state index contributed by atoms with van der Waals surface area (Å²) < 4.78 is 5.25.